The lowest BCUT2D eigenvalue weighted by Crippen LogP contribution is -2.47. The Balaban J connectivity index is 1.65. The third kappa shape index (κ3) is 4.27. The highest BCUT2D eigenvalue weighted by Gasteiger charge is 2.36. The molecular formula is C20H20N2O4S. The molecule has 3 aromatic rings. The molecule has 0 spiro atoms. The van der Waals surface area contributed by atoms with Crippen LogP contribution < -0.4 is 10.6 Å². The average Bonchev–Trinajstić information content (AvgIpc) is 3.40. The Morgan fingerprint density at radius 2 is 1.93 bits per heavy atom. The van der Waals surface area contributed by atoms with Crippen molar-refractivity contribution in [3.63, 3.8) is 0 Å². The zero-order valence-electron chi connectivity index (χ0n) is 14.7. The van der Waals surface area contributed by atoms with Crippen LogP contribution in [0.5, 0.6) is 0 Å². The highest BCUT2D eigenvalue weighted by atomic mass is 32.1. The number of furan rings is 1. The summed E-state index contributed by atoms with van der Waals surface area (Å²) >= 11 is 1.42. The van der Waals surface area contributed by atoms with Gasteiger partial charge in [0, 0.05) is 5.56 Å². The fourth-order valence-corrected chi connectivity index (χ4v) is 3.44. The molecule has 27 heavy (non-hydrogen) atoms. The van der Waals surface area contributed by atoms with Crippen LogP contribution >= 0.6 is 11.3 Å². The first-order valence-corrected chi connectivity index (χ1v) is 9.37. The molecule has 0 bridgehead atoms. The molecule has 0 fully saturated rings. The number of carbonyl (C=O) groups is 2. The van der Waals surface area contributed by atoms with E-state index in [0.29, 0.717) is 11.3 Å². The lowest BCUT2D eigenvalue weighted by atomic mass is 9.93. The monoisotopic (exact) mass is 384 g/mol. The lowest BCUT2D eigenvalue weighted by molar-refractivity contribution is -0.140. The van der Waals surface area contributed by atoms with Gasteiger partial charge in [-0.1, -0.05) is 30.3 Å². The number of nitrogens with one attached hydrogen (secondary N) is 2. The summed E-state index contributed by atoms with van der Waals surface area (Å²) < 4.78 is 5.34. The number of thiophene rings is 1. The maximum Gasteiger partial charge on any atom is 0.309 e. The molecule has 2 aromatic heterocycles. The van der Waals surface area contributed by atoms with Gasteiger partial charge in [0.2, 0.25) is 0 Å². The van der Waals surface area contributed by atoms with E-state index in [1.807, 2.05) is 35.7 Å². The van der Waals surface area contributed by atoms with Crippen molar-refractivity contribution in [2.45, 2.75) is 18.6 Å². The summed E-state index contributed by atoms with van der Waals surface area (Å²) in [6.07, 6.45) is 1.45. The van der Waals surface area contributed by atoms with E-state index < -0.39 is 17.4 Å². The molecule has 2 amide bonds. The summed E-state index contributed by atoms with van der Waals surface area (Å²) in [5.41, 5.74) is -0.0744. The Labute approximate surface area is 160 Å². The van der Waals surface area contributed by atoms with Crippen molar-refractivity contribution in [3.05, 3.63) is 82.4 Å². The van der Waals surface area contributed by atoms with Gasteiger partial charge in [-0.05, 0) is 41.4 Å². The van der Waals surface area contributed by atoms with Gasteiger partial charge in [-0.15, -0.1) is 0 Å². The SMILES string of the molecule is C[C@@H](NC(=O)C(=O)NC[C@@](O)(c1ccsc1)c1ccco1)c1ccccc1. The van der Waals surface area contributed by atoms with Crippen molar-refractivity contribution in [2.24, 2.45) is 0 Å². The van der Waals surface area contributed by atoms with Crippen molar-refractivity contribution in [3.8, 4) is 0 Å². The minimum absolute atomic E-state index is 0.191. The van der Waals surface area contributed by atoms with Gasteiger partial charge in [0.1, 0.15) is 5.76 Å². The Bertz CT molecular complexity index is 842. The number of amides is 2. The number of rotatable bonds is 6. The van der Waals surface area contributed by atoms with Crippen molar-refractivity contribution in [2.75, 3.05) is 6.54 Å². The molecule has 3 N–H and O–H groups in total. The molecule has 0 unspecified atom stereocenters. The predicted octanol–water partition coefficient (Wildman–Crippen LogP) is 2.57. The molecule has 2 heterocycles. The minimum Gasteiger partial charge on any atom is -0.466 e. The second-order valence-corrected chi connectivity index (χ2v) is 6.92. The molecular weight excluding hydrogens is 364 g/mol. The van der Waals surface area contributed by atoms with Crippen LogP contribution in [0.4, 0.5) is 0 Å². The predicted molar refractivity (Wildman–Crippen MR) is 102 cm³/mol. The van der Waals surface area contributed by atoms with Crippen molar-refractivity contribution in [1.29, 1.82) is 0 Å². The molecule has 3 rings (SSSR count). The van der Waals surface area contributed by atoms with E-state index in [1.54, 1.807) is 30.5 Å². The molecule has 140 valence electrons. The first-order chi connectivity index (χ1) is 13.0. The Kier molecular flexibility index (Phi) is 5.73. The first kappa shape index (κ1) is 18.9. The van der Waals surface area contributed by atoms with E-state index in [0.717, 1.165) is 5.56 Å². The second kappa shape index (κ2) is 8.20. The van der Waals surface area contributed by atoms with Gasteiger partial charge in [-0.3, -0.25) is 9.59 Å². The average molecular weight is 384 g/mol. The maximum absolute atomic E-state index is 12.2. The van der Waals surface area contributed by atoms with E-state index in [-0.39, 0.29) is 12.6 Å². The van der Waals surface area contributed by atoms with Gasteiger partial charge < -0.3 is 20.2 Å². The van der Waals surface area contributed by atoms with Crippen molar-refractivity contribution < 1.29 is 19.1 Å². The normalized spacial score (nSPS) is 14.1. The quantitative estimate of drug-likeness (QED) is 0.570. The van der Waals surface area contributed by atoms with Gasteiger partial charge in [0.05, 0.1) is 18.8 Å². The fourth-order valence-electron chi connectivity index (χ4n) is 2.72. The lowest BCUT2D eigenvalue weighted by Gasteiger charge is -2.25. The summed E-state index contributed by atoms with van der Waals surface area (Å²) in [5, 5.41) is 19.8. The standard InChI is InChI=1S/C20H20N2O4S/c1-14(15-6-3-2-4-7-15)22-19(24)18(23)21-13-20(25,16-9-11-27-12-16)17-8-5-10-26-17/h2-12,14,25H,13H2,1H3,(H,21,23)(H,22,24)/t14-,20-/m1/s1. The van der Waals surface area contributed by atoms with Crippen LogP contribution in [-0.2, 0) is 15.2 Å². The highest BCUT2D eigenvalue weighted by Crippen LogP contribution is 2.30. The largest absolute Gasteiger partial charge is 0.466 e. The fraction of sp³-hybridized carbons (Fsp3) is 0.200. The van der Waals surface area contributed by atoms with Crippen LogP contribution in [0.1, 0.15) is 29.9 Å². The van der Waals surface area contributed by atoms with Crippen LogP contribution in [0.2, 0.25) is 0 Å². The van der Waals surface area contributed by atoms with Gasteiger partial charge in [0.15, 0.2) is 5.60 Å². The van der Waals surface area contributed by atoms with Crippen LogP contribution in [0.3, 0.4) is 0 Å². The molecule has 2 atom stereocenters. The Morgan fingerprint density at radius 1 is 1.15 bits per heavy atom. The molecule has 7 heteroatoms. The minimum atomic E-state index is -1.55. The molecule has 0 saturated carbocycles. The Morgan fingerprint density at radius 3 is 2.56 bits per heavy atom. The third-order valence-corrected chi connectivity index (χ3v) is 4.97. The van der Waals surface area contributed by atoms with Gasteiger partial charge >= 0.3 is 11.8 Å². The Hall–Kier alpha value is -2.90. The molecule has 0 saturated heterocycles. The number of hydrogen-bond acceptors (Lipinski definition) is 5. The molecule has 6 nitrogen and oxygen atoms in total. The number of hydrogen-bond donors (Lipinski definition) is 3. The third-order valence-electron chi connectivity index (χ3n) is 4.29. The second-order valence-electron chi connectivity index (χ2n) is 6.14. The number of carbonyl (C=O) groups excluding carboxylic acids is 2. The molecule has 0 aliphatic carbocycles. The summed E-state index contributed by atoms with van der Waals surface area (Å²) in [7, 11) is 0. The number of benzene rings is 1. The summed E-state index contributed by atoms with van der Waals surface area (Å²) in [6.45, 7) is 1.61. The van der Waals surface area contributed by atoms with Gasteiger partial charge in [-0.2, -0.15) is 11.3 Å². The molecule has 0 radical (unpaired) electrons. The van der Waals surface area contributed by atoms with Gasteiger partial charge in [-0.25, -0.2) is 0 Å². The number of aliphatic hydroxyl groups is 1. The van der Waals surface area contributed by atoms with Crippen LogP contribution in [0.15, 0.2) is 70.0 Å². The molecule has 0 aliphatic heterocycles. The van der Waals surface area contributed by atoms with Crippen LogP contribution in [0.25, 0.3) is 0 Å². The van der Waals surface area contributed by atoms with Crippen LogP contribution in [-0.4, -0.2) is 23.5 Å². The zero-order chi connectivity index (χ0) is 19.3. The van der Waals surface area contributed by atoms with E-state index in [9.17, 15) is 14.7 Å². The smallest absolute Gasteiger partial charge is 0.309 e. The summed E-state index contributed by atoms with van der Waals surface area (Å²) in [5.74, 6) is -1.30. The summed E-state index contributed by atoms with van der Waals surface area (Å²) in [6, 6.07) is 14.1. The first-order valence-electron chi connectivity index (χ1n) is 8.43. The topological polar surface area (TPSA) is 91.6 Å². The van der Waals surface area contributed by atoms with E-state index in [1.165, 1.54) is 17.6 Å². The van der Waals surface area contributed by atoms with Crippen molar-refractivity contribution >= 4 is 23.2 Å². The van der Waals surface area contributed by atoms with Crippen molar-refractivity contribution in [1.82, 2.24) is 10.6 Å². The molecule has 1 aromatic carbocycles. The van der Waals surface area contributed by atoms with Crippen LogP contribution in [0, 0.1) is 0 Å². The van der Waals surface area contributed by atoms with E-state index in [2.05, 4.69) is 10.6 Å². The van der Waals surface area contributed by atoms with E-state index in [4.69, 9.17) is 4.42 Å². The zero-order valence-corrected chi connectivity index (χ0v) is 15.5. The van der Waals surface area contributed by atoms with E-state index >= 15 is 0 Å². The maximum atomic E-state index is 12.2. The highest BCUT2D eigenvalue weighted by molar-refractivity contribution is 7.08. The molecule has 0 aliphatic rings. The summed E-state index contributed by atoms with van der Waals surface area (Å²) in [4.78, 5) is 24.4. The van der Waals surface area contributed by atoms with Gasteiger partial charge in [0.25, 0.3) is 0 Å².